The average Bonchev–Trinajstić information content (AvgIpc) is 2.16. The van der Waals surface area contributed by atoms with Crippen molar-refractivity contribution < 1.29 is 13.9 Å². The highest BCUT2D eigenvalue weighted by Gasteiger charge is 2.17. The van der Waals surface area contributed by atoms with E-state index in [1.807, 2.05) is 0 Å². The average molecular weight is 331 g/mol. The second-order valence-corrected chi connectivity index (χ2v) is 3.97. The molecule has 0 bridgehead atoms. The number of aliphatic hydroxyl groups is 1. The van der Waals surface area contributed by atoms with Gasteiger partial charge < -0.3 is 5.11 Å². The Bertz CT molecular complexity index is 333. The van der Waals surface area contributed by atoms with Gasteiger partial charge in [-0.1, -0.05) is 31.9 Å². The van der Waals surface area contributed by atoms with E-state index in [1.165, 1.54) is 0 Å². The summed E-state index contributed by atoms with van der Waals surface area (Å²) in [6, 6.07) is 1.60. The zero-order chi connectivity index (χ0) is 10.7. The Morgan fingerprint density at radius 2 is 2.14 bits per heavy atom. The Morgan fingerprint density at radius 1 is 1.50 bits per heavy atom. The number of hydrogen-bond donors (Lipinski definition) is 1. The zero-order valence-corrected chi connectivity index (χ0v) is 10.1. The molecule has 0 atom stereocenters. The fraction of sp³-hybridized carbons (Fsp3) is 0.375. The van der Waals surface area contributed by atoms with Crippen molar-refractivity contribution in [2.45, 2.75) is 18.4 Å². The number of rotatable bonds is 3. The Labute approximate surface area is 96.6 Å². The first kappa shape index (κ1) is 12.0. The number of alkyl halides is 3. The summed E-state index contributed by atoms with van der Waals surface area (Å²) in [4.78, 5) is 3.74. The monoisotopic (exact) mass is 329 g/mol. The summed E-state index contributed by atoms with van der Waals surface area (Å²) >= 11 is 6.24. The highest BCUT2D eigenvalue weighted by Crippen LogP contribution is 2.28. The standard InChI is InChI=1S/C8H7Br2F2NO/c9-2-4-1-6(10)5(3-14)7(13-4)8(11)12/h1,8,14H,2-3H2. The van der Waals surface area contributed by atoms with Gasteiger partial charge in [0.15, 0.2) is 0 Å². The van der Waals surface area contributed by atoms with E-state index in [9.17, 15) is 8.78 Å². The van der Waals surface area contributed by atoms with Gasteiger partial charge in [0.05, 0.1) is 12.3 Å². The van der Waals surface area contributed by atoms with Crippen molar-refractivity contribution in [3.05, 3.63) is 27.5 Å². The minimum absolute atomic E-state index is 0.143. The van der Waals surface area contributed by atoms with E-state index in [1.54, 1.807) is 6.07 Å². The molecule has 0 aliphatic carbocycles. The molecular weight excluding hydrogens is 324 g/mol. The van der Waals surface area contributed by atoms with Gasteiger partial charge in [0, 0.05) is 15.4 Å². The minimum atomic E-state index is -2.67. The van der Waals surface area contributed by atoms with Crippen LogP contribution in [0.1, 0.15) is 23.4 Å². The fourth-order valence-electron chi connectivity index (χ4n) is 1.02. The maximum atomic E-state index is 12.5. The summed E-state index contributed by atoms with van der Waals surface area (Å²) in [5, 5.41) is 9.30. The van der Waals surface area contributed by atoms with Gasteiger partial charge in [0.25, 0.3) is 6.43 Å². The summed E-state index contributed by atoms with van der Waals surface area (Å²) < 4.78 is 25.5. The van der Waals surface area contributed by atoms with Gasteiger partial charge in [-0.25, -0.2) is 8.78 Å². The van der Waals surface area contributed by atoms with E-state index in [4.69, 9.17) is 5.11 Å². The van der Waals surface area contributed by atoms with Gasteiger partial charge in [-0.3, -0.25) is 4.98 Å². The van der Waals surface area contributed by atoms with Crippen LogP contribution >= 0.6 is 31.9 Å². The van der Waals surface area contributed by atoms with Gasteiger partial charge in [0.1, 0.15) is 5.69 Å². The lowest BCUT2D eigenvalue weighted by Gasteiger charge is -2.09. The van der Waals surface area contributed by atoms with Gasteiger partial charge in [0.2, 0.25) is 0 Å². The lowest BCUT2D eigenvalue weighted by atomic mass is 10.2. The second kappa shape index (κ2) is 5.14. The molecule has 0 radical (unpaired) electrons. The Hall–Kier alpha value is -0.0700. The Balaban J connectivity index is 3.28. The fourth-order valence-corrected chi connectivity index (χ4v) is 1.90. The first-order valence-corrected chi connectivity index (χ1v) is 5.64. The molecule has 0 aliphatic heterocycles. The van der Waals surface area contributed by atoms with Gasteiger partial charge in [-0.2, -0.15) is 0 Å². The van der Waals surface area contributed by atoms with E-state index in [0.717, 1.165) is 0 Å². The molecule has 0 saturated heterocycles. The Morgan fingerprint density at radius 3 is 2.57 bits per heavy atom. The molecule has 6 heteroatoms. The van der Waals surface area contributed by atoms with Crippen LogP contribution in [0.5, 0.6) is 0 Å². The van der Waals surface area contributed by atoms with Crippen molar-refractivity contribution in [2.24, 2.45) is 0 Å². The highest BCUT2D eigenvalue weighted by molar-refractivity contribution is 9.10. The topological polar surface area (TPSA) is 33.1 Å². The third-order valence-electron chi connectivity index (χ3n) is 1.66. The van der Waals surface area contributed by atoms with Crippen LogP contribution in [0, 0.1) is 0 Å². The van der Waals surface area contributed by atoms with Gasteiger partial charge in [-0.15, -0.1) is 0 Å². The molecule has 0 amide bonds. The maximum Gasteiger partial charge on any atom is 0.280 e. The first-order valence-electron chi connectivity index (χ1n) is 3.73. The van der Waals surface area contributed by atoms with E-state index in [-0.39, 0.29) is 11.3 Å². The molecule has 1 heterocycles. The van der Waals surface area contributed by atoms with Crippen molar-refractivity contribution in [1.82, 2.24) is 4.98 Å². The molecule has 0 saturated carbocycles. The third-order valence-corrected chi connectivity index (χ3v) is 2.94. The smallest absolute Gasteiger partial charge is 0.280 e. The molecule has 0 fully saturated rings. The summed E-state index contributed by atoms with van der Waals surface area (Å²) in [6.07, 6.45) is -2.67. The number of nitrogens with zero attached hydrogens (tertiary/aromatic N) is 1. The predicted octanol–water partition coefficient (Wildman–Crippen LogP) is 3.17. The SMILES string of the molecule is OCc1c(Br)cc(CBr)nc1C(F)F. The second-order valence-electron chi connectivity index (χ2n) is 2.55. The normalized spacial score (nSPS) is 11.0. The molecule has 78 valence electrons. The quantitative estimate of drug-likeness (QED) is 0.863. The van der Waals surface area contributed by atoms with E-state index >= 15 is 0 Å². The molecule has 1 N–H and O–H groups in total. The molecule has 14 heavy (non-hydrogen) atoms. The van der Waals surface area contributed by atoms with Crippen molar-refractivity contribution >= 4 is 31.9 Å². The number of aromatic nitrogens is 1. The van der Waals surface area contributed by atoms with Crippen LogP contribution in [0.3, 0.4) is 0 Å². The van der Waals surface area contributed by atoms with Gasteiger partial charge in [-0.05, 0) is 6.07 Å². The van der Waals surface area contributed by atoms with Crippen molar-refractivity contribution in [3.8, 4) is 0 Å². The van der Waals surface area contributed by atoms with Crippen molar-refractivity contribution in [3.63, 3.8) is 0 Å². The number of hydrogen-bond acceptors (Lipinski definition) is 2. The van der Waals surface area contributed by atoms with E-state index in [0.29, 0.717) is 15.5 Å². The molecular formula is C8H7Br2F2NO. The van der Waals surface area contributed by atoms with Crippen LogP contribution < -0.4 is 0 Å². The molecule has 0 aromatic carbocycles. The van der Waals surface area contributed by atoms with Crippen LogP contribution in [0.2, 0.25) is 0 Å². The lowest BCUT2D eigenvalue weighted by Crippen LogP contribution is -2.02. The highest BCUT2D eigenvalue weighted by atomic mass is 79.9. The number of halogens is 4. The van der Waals surface area contributed by atoms with Crippen LogP contribution in [0.25, 0.3) is 0 Å². The zero-order valence-electron chi connectivity index (χ0n) is 6.98. The molecule has 1 aromatic rings. The molecule has 0 spiro atoms. The summed E-state index contributed by atoms with van der Waals surface area (Å²) in [7, 11) is 0. The largest absolute Gasteiger partial charge is 0.392 e. The maximum absolute atomic E-state index is 12.5. The van der Waals surface area contributed by atoms with Crippen molar-refractivity contribution in [2.75, 3.05) is 0 Å². The Kier molecular flexibility index (Phi) is 4.40. The van der Waals surface area contributed by atoms with Crippen LogP contribution in [0.4, 0.5) is 8.78 Å². The van der Waals surface area contributed by atoms with Crippen LogP contribution in [-0.2, 0) is 11.9 Å². The summed E-state index contributed by atoms with van der Waals surface area (Å²) in [5.41, 5.74) is 0.283. The third kappa shape index (κ3) is 2.49. The molecule has 0 unspecified atom stereocenters. The van der Waals surface area contributed by atoms with Crippen LogP contribution in [-0.4, -0.2) is 10.1 Å². The van der Waals surface area contributed by atoms with Crippen molar-refractivity contribution in [1.29, 1.82) is 0 Å². The van der Waals surface area contributed by atoms with E-state index in [2.05, 4.69) is 36.8 Å². The van der Waals surface area contributed by atoms with Gasteiger partial charge >= 0.3 is 0 Å². The summed E-state index contributed by atoms with van der Waals surface area (Å²) in [5.74, 6) is 0. The summed E-state index contributed by atoms with van der Waals surface area (Å²) in [6.45, 7) is -0.449. The predicted molar refractivity (Wildman–Crippen MR) is 55.4 cm³/mol. The first-order chi connectivity index (χ1) is 6.60. The lowest BCUT2D eigenvalue weighted by molar-refractivity contribution is 0.141. The molecule has 0 aliphatic rings. The van der Waals surface area contributed by atoms with Crippen LogP contribution in [0.15, 0.2) is 10.5 Å². The number of pyridine rings is 1. The number of aliphatic hydroxyl groups excluding tert-OH is 1. The molecule has 1 aromatic heterocycles. The molecule has 2 nitrogen and oxygen atoms in total. The molecule has 1 rings (SSSR count). The minimum Gasteiger partial charge on any atom is -0.392 e. The van der Waals surface area contributed by atoms with E-state index < -0.39 is 13.0 Å².